The number of carbonyl (C=O) groups excluding carboxylic acids is 2. The molecule has 370 valence electrons. The van der Waals surface area contributed by atoms with Gasteiger partial charge in [-0.15, -0.1) is 68.8 Å². The van der Waals surface area contributed by atoms with Crippen LogP contribution in [0.3, 0.4) is 0 Å². The van der Waals surface area contributed by atoms with Crippen LogP contribution in [0.2, 0.25) is 0 Å². The number of aromatic nitrogens is 2. The van der Waals surface area contributed by atoms with E-state index >= 15 is 0 Å². The summed E-state index contributed by atoms with van der Waals surface area (Å²) in [4.78, 5) is 32.6. The maximum atomic E-state index is 11.5. The second-order valence-electron chi connectivity index (χ2n) is 21.8. The van der Waals surface area contributed by atoms with Crippen molar-refractivity contribution < 1.29 is 60.0 Å². The van der Waals surface area contributed by atoms with Crippen LogP contribution in [0.25, 0.3) is 44.3 Å². The maximum Gasteiger partial charge on any atom is 0.164 e. The number of hydrogen-bond acceptors (Lipinski definition) is 6. The van der Waals surface area contributed by atoms with Crippen molar-refractivity contribution in [2.24, 2.45) is 21.7 Å². The molecule has 2 heterocycles. The predicted octanol–water partition coefficient (Wildman–Crippen LogP) is 16.0. The summed E-state index contributed by atoms with van der Waals surface area (Å²) < 4.78 is 0. The number of pyridine rings is 2. The van der Waals surface area contributed by atoms with E-state index in [1.807, 2.05) is 83.1 Å². The number of nitrogens with zero attached hydrogens (tertiary/aromatic N) is 2. The van der Waals surface area contributed by atoms with Gasteiger partial charge in [-0.1, -0.05) is 173 Å². The van der Waals surface area contributed by atoms with E-state index in [4.69, 9.17) is 9.97 Å². The van der Waals surface area contributed by atoms with E-state index in [-0.39, 0.29) is 74.1 Å². The van der Waals surface area contributed by atoms with Crippen LogP contribution in [-0.4, -0.2) is 31.7 Å². The minimum atomic E-state index is -0.417. The minimum Gasteiger partial charge on any atom is -0.512 e. The Kier molecular flexibility index (Phi) is 22.4. The number of carbonyl (C=O) groups is 2. The van der Waals surface area contributed by atoms with Crippen molar-refractivity contribution in [3.8, 4) is 22.5 Å². The van der Waals surface area contributed by atoms with Gasteiger partial charge in [0.25, 0.3) is 0 Å². The van der Waals surface area contributed by atoms with Crippen molar-refractivity contribution in [1.29, 1.82) is 0 Å². The number of aryl methyl sites for hydroxylation is 5. The molecule has 0 saturated heterocycles. The van der Waals surface area contributed by atoms with Crippen LogP contribution in [0.4, 0.5) is 0 Å². The Morgan fingerprint density at radius 2 is 0.897 bits per heavy atom. The standard InChI is InChI=1S/2C19H18N.2C11H20O2.2Ir/c1-12-5-7-16-8-10-18(20-19(16)11-12)17-9-6-13(2)14(3)15(17)4;1-12-5-6-16-7-8-18(20-19(16)9-12)17-10-13(2)15(4)14(3)11-17;2*1-10(2,3)8(12)7-9(13)11(4,5)6;;/h5-8,10-11H,1-4H3;5-10H,1-4H3;2*7,12H,1-6H3;;/q2*-1;;;;. The third-order valence-electron chi connectivity index (χ3n) is 11.6. The van der Waals surface area contributed by atoms with Gasteiger partial charge in [-0.3, -0.25) is 19.6 Å². The van der Waals surface area contributed by atoms with E-state index in [0.29, 0.717) is 0 Å². The third kappa shape index (κ3) is 17.7. The van der Waals surface area contributed by atoms with Gasteiger partial charge in [-0.2, -0.15) is 0 Å². The number of rotatable bonds is 4. The molecule has 6 aromatic rings. The molecule has 0 aliphatic carbocycles. The molecule has 68 heavy (non-hydrogen) atoms. The minimum absolute atomic E-state index is 0. The molecule has 0 aliphatic heterocycles. The summed E-state index contributed by atoms with van der Waals surface area (Å²) in [5.74, 6) is 0.208. The Morgan fingerprint density at radius 1 is 0.500 bits per heavy atom. The fourth-order valence-corrected chi connectivity index (χ4v) is 6.09. The first-order valence-corrected chi connectivity index (χ1v) is 22.9. The topological polar surface area (TPSA) is 100 Å². The largest absolute Gasteiger partial charge is 0.512 e. The number of hydrogen-bond donors (Lipinski definition) is 2. The van der Waals surface area contributed by atoms with Crippen molar-refractivity contribution in [1.82, 2.24) is 9.97 Å². The van der Waals surface area contributed by atoms with Gasteiger partial charge < -0.3 is 10.2 Å². The zero-order chi connectivity index (χ0) is 50.3. The van der Waals surface area contributed by atoms with Crippen LogP contribution >= 0.6 is 0 Å². The summed E-state index contributed by atoms with van der Waals surface area (Å²) in [5.41, 5.74) is 14.9. The molecule has 8 heteroatoms. The zero-order valence-corrected chi connectivity index (χ0v) is 49.1. The van der Waals surface area contributed by atoms with Gasteiger partial charge in [0.05, 0.1) is 11.0 Å². The van der Waals surface area contributed by atoms with Gasteiger partial charge in [0.15, 0.2) is 11.6 Å². The van der Waals surface area contributed by atoms with E-state index in [1.54, 1.807) is 0 Å². The number of benzene rings is 4. The fourth-order valence-electron chi connectivity index (χ4n) is 6.09. The van der Waals surface area contributed by atoms with Gasteiger partial charge >= 0.3 is 0 Å². The average Bonchev–Trinajstić information content (AvgIpc) is 3.20. The second-order valence-corrected chi connectivity index (χ2v) is 21.8. The molecular weight excluding hydrogens is 1200 g/mol. The number of allylic oxidation sites excluding steroid dienone is 4. The van der Waals surface area contributed by atoms with E-state index in [9.17, 15) is 19.8 Å². The average molecular weight is 1270 g/mol. The summed E-state index contributed by atoms with van der Waals surface area (Å²) in [6.07, 6.45) is 2.67. The fraction of sp³-hybridized carbons (Fsp3) is 0.400. The van der Waals surface area contributed by atoms with Gasteiger partial charge in [-0.05, 0) is 59.3 Å². The SMILES string of the molecule is CC(C)(C)C(=O)C=C(O)C(C)(C)C.CC(C)(C)C(=O)C=C(O)C(C)(C)C.Cc1ccc2ccc(-c3[c-]c(C)c(C)c(C)c3)nc2c1.Cc1ccc2ccc(-c3[c-]cc(C)c(C)c3C)nc2c1.[Ir].[Ir]. The molecule has 0 fully saturated rings. The first-order valence-electron chi connectivity index (χ1n) is 22.9. The Labute approximate surface area is 436 Å². The van der Waals surface area contributed by atoms with Gasteiger partial charge in [0.2, 0.25) is 0 Å². The van der Waals surface area contributed by atoms with Gasteiger partial charge in [0, 0.05) is 74.0 Å². The molecule has 2 aromatic heterocycles. The maximum absolute atomic E-state index is 11.5. The van der Waals surface area contributed by atoms with Crippen LogP contribution in [0.1, 0.15) is 128 Å². The van der Waals surface area contributed by atoms with Gasteiger partial charge in [0.1, 0.15) is 11.5 Å². The Hall–Kier alpha value is -4.58. The molecule has 4 aromatic carbocycles. The summed E-state index contributed by atoms with van der Waals surface area (Å²) in [6.45, 7) is 39.3. The quantitative estimate of drug-likeness (QED) is 0.104. The monoisotopic (exact) mass is 1270 g/mol. The van der Waals surface area contributed by atoms with Crippen molar-refractivity contribution in [3.05, 3.63) is 153 Å². The number of fused-ring (bicyclic) bond motifs is 2. The Balaban J connectivity index is 0.000000460. The summed E-state index contributed by atoms with van der Waals surface area (Å²) in [6, 6.07) is 32.3. The molecule has 2 N–H and O–H groups in total. The third-order valence-corrected chi connectivity index (χ3v) is 11.6. The molecule has 2 radical (unpaired) electrons. The molecule has 6 rings (SSSR count). The van der Waals surface area contributed by atoms with E-state index in [0.717, 1.165) is 33.5 Å². The first kappa shape index (κ1) is 61.4. The van der Waals surface area contributed by atoms with Crippen LogP contribution in [-0.2, 0) is 49.8 Å². The van der Waals surface area contributed by atoms with Crippen LogP contribution in [0.5, 0.6) is 0 Å². The molecule has 0 unspecified atom stereocenters. The van der Waals surface area contributed by atoms with E-state index in [1.165, 1.54) is 67.4 Å². The number of aliphatic hydroxyl groups is 2. The summed E-state index contributed by atoms with van der Waals surface area (Å²) in [5, 5.41) is 21.5. The van der Waals surface area contributed by atoms with Crippen molar-refractivity contribution in [3.63, 3.8) is 0 Å². The van der Waals surface area contributed by atoms with E-state index in [2.05, 4.69) is 140 Å². The van der Waals surface area contributed by atoms with Crippen molar-refractivity contribution >= 4 is 33.4 Å². The molecular formula is C60H76Ir2N2O4-2. The summed E-state index contributed by atoms with van der Waals surface area (Å²) in [7, 11) is 0. The molecule has 0 amide bonds. The zero-order valence-electron chi connectivity index (χ0n) is 44.4. The van der Waals surface area contributed by atoms with Gasteiger partial charge in [-0.25, -0.2) is 0 Å². The second kappa shape index (κ2) is 24.8. The molecule has 0 aliphatic rings. The number of ketones is 2. The van der Waals surface area contributed by atoms with Crippen LogP contribution in [0, 0.1) is 89.2 Å². The molecule has 0 saturated carbocycles. The Morgan fingerprint density at radius 3 is 1.29 bits per heavy atom. The molecule has 0 atom stereocenters. The normalized spacial score (nSPS) is 12.0. The van der Waals surface area contributed by atoms with Crippen LogP contribution < -0.4 is 0 Å². The number of aliphatic hydroxyl groups excluding tert-OH is 2. The molecule has 0 spiro atoms. The van der Waals surface area contributed by atoms with Crippen LogP contribution in [0.15, 0.2) is 96.5 Å². The molecule has 6 nitrogen and oxygen atoms in total. The predicted molar refractivity (Wildman–Crippen MR) is 279 cm³/mol. The summed E-state index contributed by atoms with van der Waals surface area (Å²) >= 11 is 0. The first-order chi connectivity index (χ1) is 30.2. The Bertz CT molecular complexity index is 2700. The smallest absolute Gasteiger partial charge is 0.164 e. The van der Waals surface area contributed by atoms with E-state index < -0.39 is 10.8 Å². The van der Waals surface area contributed by atoms with Crippen molar-refractivity contribution in [2.75, 3.05) is 0 Å². The molecule has 0 bridgehead atoms. The van der Waals surface area contributed by atoms with Crippen molar-refractivity contribution in [2.45, 2.75) is 138 Å².